The van der Waals surface area contributed by atoms with Gasteiger partial charge in [0.15, 0.2) is 0 Å². The van der Waals surface area contributed by atoms with Gasteiger partial charge in [0.05, 0.1) is 22.5 Å². The molecule has 0 aromatic heterocycles. The average molecular weight is 392 g/mol. The van der Waals surface area contributed by atoms with Crippen LogP contribution in [0.25, 0.3) is 0 Å². The highest BCUT2D eigenvalue weighted by Crippen LogP contribution is 2.56. The molecule has 3 aliphatic rings. The minimum atomic E-state index is -1.60. The number of carbonyl (C=O) groups is 2. The van der Waals surface area contributed by atoms with E-state index in [-0.39, 0.29) is 28.8 Å². The molecule has 4 rings (SSSR count). The highest BCUT2D eigenvalue weighted by Gasteiger charge is 2.65. The normalized spacial score (nSPS) is 24.7. The summed E-state index contributed by atoms with van der Waals surface area (Å²) >= 11 is 0. The van der Waals surface area contributed by atoms with Gasteiger partial charge in [-0.3, -0.25) is 4.79 Å². The zero-order valence-corrected chi connectivity index (χ0v) is 17.2. The van der Waals surface area contributed by atoms with Gasteiger partial charge in [-0.25, -0.2) is 4.79 Å². The summed E-state index contributed by atoms with van der Waals surface area (Å²) in [5.41, 5.74) is 6.53. The third-order valence-electron chi connectivity index (χ3n) is 5.82. The lowest BCUT2D eigenvalue weighted by Crippen LogP contribution is -2.50. The number of hydrogen-bond acceptors (Lipinski definition) is 6. The van der Waals surface area contributed by atoms with Crippen molar-refractivity contribution in [3.63, 3.8) is 0 Å². The molecule has 3 heterocycles. The number of nitrogens with zero attached hydrogens (tertiary/aromatic N) is 2. The molecule has 0 radical (unpaired) electrons. The molecule has 0 saturated carbocycles. The first-order valence-corrected chi connectivity index (χ1v) is 9.65. The van der Waals surface area contributed by atoms with E-state index in [1.165, 1.54) is 0 Å². The SMILES string of the molecule is Cc1cccc2c1N(CC(C)C)C(=O)[C@@]21C(C#N)=C(N)NC2=C1C(=O)OC2(C)C. The number of rotatable bonds is 2. The van der Waals surface area contributed by atoms with Crippen LogP contribution in [0.2, 0.25) is 0 Å². The summed E-state index contributed by atoms with van der Waals surface area (Å²) in [5.74, 6) is -0.677. The molecule has 1 atom stereocenters. The number of ether oxygens (including phenoxy) is 1. The Balaban J connectivity index is 2.14. The molecule has 1 aromatic rings. The summed E-state index contributed by atoms with van der Waals surface area (Å²) in [6.45, 7) is 9.90. The molecule has 3 aliphatic heterocycles. The van der Waals surface area contributed by atoms with Crippen molar-refractivity contribution < 1.29 is 14.3 Å². The smallest absolute Gasteiger partial charge is 0.338 e. The first-order chi connectivity index (χ1) is 13.6. The van der Waals surface area contributed by atoms with Gasteiger partial charge in [0.1, 0.15) is 22.9 Å². The summed E-state index contributed by atoms with van der Waals surface area (Å²) < 4.78 is 5.60. The number of hydrogen-bond donors (Lipinski definition) is 2. The molecule has 7 nitrogen and oxygen atoms in total. The molecule has 1 amide bonds. The van der Waals surface area contributed by atoms with E-state index in [0.717, 1.165) is 11.3 Å². The van der Waals surface area contributed by atoms with Gasteiger partial charge >= 0.3 is 5.97 Å². The van der Waals surface area contributed by atoms with Crippen molar-refractivity contribution in [3.05, 3.63) is 52.0 Å². The Morgan fingerprint density at radius 3 is 2.62 bits per heavy atom. The molecule has 29 heavy (non-hydrogen) atoms. The highest BCUT2D eigenvalue weighted by atomic mass is 16.6. The molecule has 0 saturated heterocycles. The molecule has 0 fully saturated rings. The van der Waals surface area contributed by atoms with Crippen LogP contribution in [0.5, 0.6) is 0 Å². The van der Waals surface area contributed by atoms with Crippen LogP contribution < -0.4 is 16.0 Å². The van der Waals surface area contributed by atoms with Gasteiger partial charge in [-0.05, 0) is 32.3 Å². The highest BCUT2D eigenvalue weighted by molar-refractivity contribution is 6.20. The summed E-state index contributed by atoms with van der Waals surface area (Å²) in [4.78, 5) is 28.8. The first kappa shape index (κ1) is 19.1. The number of nitrogens with two attached hydrogens (primary N) is 1. The van der Waals surface area contributed by atoms with E-state index in [4.69, 9.17) is 10.5 Å². The summed E-state index contributed by atoms with van der Waals surface area (Å²) in [7, 11) is 0. The van der Waals surface area contributed by atoms with Crippen LogP contribution in [0.1, 0.15) is 38.8 Å². The maximum Gasteiger partial charge on any atom is 0.338 e. The van der Waals surface area contributed by atoms with Gasteiger partial charge in [-0.15, -0.1) is 0 Å². The van der Waals surface area contributed by atoms with E-state index in [0.29, 0.717) is 17.8 Å². The number of cyclic esters (lactones) is 1. The minimum Gasteiger partial charge on any atom is -0.450 e. The van der Waals surface area contributed by atoms with Gasteiger partial charge in [0, 0.05) is 12.1 Å². The van der Waals surface area contributed by atoms with Crippen LogP contribution in [0.4, 0.5) is 5.69 Å². The van der Waals surface area contributed by atoms with Gasteiger partial charge in [0.25, 0.3) is 0 Å². The molecule has 1 spiro atoms. The molecule has 0 bridgehead atoms. The van der Waals surface area contributed by atoms with Gasteiger partial charge in [-0.1, -0.05) is 32.0 Å². The fourth-order valence-electron chi connectivity index (χ4n) is 4.72. The van der Waals surface area contributed by atoms with E-state index in [2.05, 4.69) is 11.4 Å². The third kappa shape index (κ3) is 2.23. The zero-order valence-electron chi connectivity index (χ0n) is 17.2. The van der Waals surface area contributed by atoms with Crippen LogP contribution in [0.15, 0.2) is 40.9 Å². The Morgan fingerprint density at radius 2 is 2.00 bits per heavy atom. The molecule has 0 aliphatic carbocycles. The predicted molar refractivity (Wildman–Crippen MR) is 107 cm³/mol. The Labute approximate surface area is 169 Å². The predicted octanol–water partition coefficient (Wildman–Crippen LogP) is 2.12. The second-order valence-corrected chi connectivity index (χ2v) is 8.71. The van der Waals surface area contributed by atoms with E-state index < -0.39 is 17.0 Å². The van der Waals surface area contributed by atoms with E-state index in [1.54, 1.807) is 24.8 Å². The largest absolute Gasteiger partial charge is 0.450 e. The van der Waals surface area contributed by atoms with Crippen LogP contribution in [-0.4, -0.2) is 24.0 Å². The first-order valence-electron chi connectivity index (χ1n) is 9.65. The lowest BCUT2D eigenvalue weighted by Gasteiger charge is -2.34. The van der Waals surface area contributed by atoms with Crippen molar-refractivity contribution in [3.8, 4) is 6.07 Å². The quantitative estimate of drug-likeness (QED) is 0.747. The molecule has 1 aromatic carbocycles. The van der Waals surface area contributed by atoms with Crippen molar-refractivity contribution in [1.82, 2.24) is 5.32 Å². The fraction of sp³-hybridized carbons (Fsp3) is 0.409. The van der Waals surface area contributed by atoms with Crippen LogP contribution in [-0.2, 0) is 19.7 Å². The number of carbonyl (C=O) groups excluding carboxylic acids is 2. The summed E-state index contributed by atoms with van der Waals surface area (Å²) in [6, 6.07) is 7.68. The van der Waals surface area contributed by atoms with Gasteiger partial charge in [-0.2, -0.15) is 5.26 Å². The van der Waals surface area contributed by atoms with E-state index >= 15 is 0 Å². The monoisotopic (exact) mass is 392 g/mol. The molecule has 7 heteroatoms. The van der Waals surface area contributed by atoms with Crippen LogP contribution >= 0.6 is 0 Å². The van der Waals surface area contributed by atoms with Crippen molar-refractivity contribution in [2.24, 2.45) is 11.7 Å². The lowest BCUT2D eigenvalue weighted by molar-refractivity contribution is -0.145. The van der Waals surface area contributed by atoms with E-state index in [1.807, 2.05) is 32.9 Å². The average Bonchev–Trinajstić information content (AvgIpc) is 2.99. The number of amides is 1. The van der Waals surface area contributed by atoms with Crippen LogP contribution in [0, 0.1) is 24.2 Å². The molecule has 3 N–H and O–H groups in total. The molecular weight excluding hydrogens is 368 g/mol. The van der Waals surface area contributed by atoms with Crippen molar-refractivity contribution >= 4 is 17.6 Å². The standard InChI is InChI=1S/C22H24N4O3/c1-11(2)10-26-16-12(3)7-6-8-13(16)22(20(26)28)14(9-23)18(24)25-17-15(22)19(27)29-21(17,4)5/h6-8,11,25H,10,24H2,1-5H3/t22-/m1/s1. The third-order valence-corrected chi connectivity index (χ3v) is 5.82. The number of esters is 1. The van der Waals surface area contributed by atoms with Crippen molar-refractivity contribution in [2.75, 3.05) is 11.4 Å². The summed E-state index contributed by atoms with van der Waals surface area (Å²) in [6.07, 6.45) is 0. The lowest BCUT2D eigenvalue weighted by atomic mass is 9.67. The van der Waals surface area contributed by atoms with E-state index in [9.17, 15) is 14.9 Å². The molecule has 150 valence electrons. The maximum absolute atomic E-state index is 14.1. The zero-order chi connectivity index (χ0) is 21.3. The number of fused-ring (bicyclic) bond motifs is 3. The summed E-state index contributed by atoms with van der Waals surface area (Å²) in [5, 5.41) is 13.0. The number of benzene rings is 1. The Kier molecular flexibility index (Phi) is 3.86. The number of anilines is 1. The Morgan fingerprint density at radius 1 is 1.31 bits per heavy atom. The van der Waals surface area contributed by atoms with Crippen molar-refractivity contribution in [1.29, 1.82) is 5.26 Å². The number of nitrogens with one attached hydrogen (secondary N) is 1. The molecular formula is C22H24N4O3. The number of dihydropyridines is 1. The van der Waals surface area contributed by atoms with Crippen molar-refractivity contribution in [2.45, 2.75) is 45.6 Å². The Hall–Kier alpha value is -3.27. The maximum atomic E-state index is 14.1. The second kappa shape index (κ2) is 5.86. The number of aryl methyl sites for hydroxylation is 1. The Bertz CT molecular complexity index is 1070. The second-order valence-electron chi connectivity index (χ2n) is 8.71. The van der Waals surface area contributed by atoms with Crippen LogP contribution in [0.3, 0.4) is 0 Å². The van der Waals surface area contributed by atoms with Gasteiger partial charge in [0.2, 0.25) is 5.91 Å². The molecule has 0 unspecified atom stereocenters. The fourth-order valence-corrected chi connectivity index (χ4v) is 4.72. The topological polar surface area (TPSA) is 108 Å². The van der Waals surface area contributed by atoms with Gasteiger partial charge < -0.3 is 20.7 Å². The number of para-hydroxylation sites is 1. The number of nitriles is 1. The minimum absolute atomic E-state index is 0.0361.